The minimum Gasteiger partial charge on any atom is -0.487 e. The lowest BCUT2D eigenvalue weighted by Crippen LogP contribution is -2.38. The number of benzene rings is 1. The summed E-state index contributed by atoms with van der Waals surface area (Å²) in [7, 11) is 2.01. The quantitative estimate of drug-likeness (QED) is 0.761. The van der Waals surface area contributed by atoms with Crippen molar-refractivity contribution in [2.24, 2.45) is 0 Å². The highest BCUT2D eigenvalue weighted by atomic mass is 16.5. The smallest absolute Gasteiger partial charge is 0.127 e. The van der Waals surface area contributed by atoms with Crippen molar-refractivity contribution in [3.05, 3.63) is 29.3 Å². The SMILES string of the molecule is CNC1CC(C)(C)Oc2c(C)cccc21. The zero-order valence-corrected chi connectivity index (χ0v) is 9.92. The molecule has 0 fully saturated rings. The van der Waals surface area contributed by atoms with E-state index in [4.69, 9.17) is 4.74 Å². The van der Waals surface area contributed by atoms with Crippen molar-refractivity contribution in [2.45, 2.75) is 38.8 Å². The topological polar surface area (TPSA) is 21.3 Å². The van der Waals surface area contributed by atoms with E-state index in [2.05, 4.69) is 44.3 Å². The normalized spacial score (nSPS) is 23.1. The van der Waals surface area contributed by atoms with Crippen molar-refractivity contribution < 1.29 is 4.74 Å². The molecule has 1 atom stereocenters. The van der Waals surface area contributed by atoms with Crippen LogP contribution in [0.3, 0.4) is 0 Å². The van der Waals surface area contributed by atoms with Crippen molar-refractivity contribution in [3.8, 4) is 5.75 Å². The van der Waals surface area contributed by atoms with Crippen LogP contribution in [0.15, 0.2) is 18.2 Å². The molecule has 1 N–H and O–H groups in total. The van der Waals surface area contributed by atoms with Crippen molar-refractivity contribution in [2.75, 3.05) is 7.05 Å². The van der Waals surface area contributed by atoms with Gasteiger partial charge in [0.15, 0.2) is 0 Å². The first kappa shape index (κ1) is 10.5. The third-order valence-electron chi connectivity index (χ3n) is 3.04. The van der Waals surface area contributed by atoms with E-state index in [1.165, 1.54) is 11.1 Å². The van der Waals surface area contributed by atoms with E-state index < -0.39 is 0 Å². The van der Waals surface area contributed by atoms with Crippen LogP contribution < -0.4 is 10.1 Å². The summed E-state index contributed by atoms with van der Waals surface area (Å²) in [4.78, 5) is 0. The van der Waals surface area contributed by atoms with Crippen LogP contribution >= 0.6 is 0 Å². The number of hydrogen-bond donors (Lipinski definition) is 1. The average molecular weight is 205 g/mol. The van der Waals surface area contributed by atoms with Gasteiger partial charge < -0.3 is 10.1 Å². The third kappa shape index (κ3) is 1.86. The molecule has 1 aromatic rings. The molecule has 0 amide bonds. The average Bonchev–Trinajstić information content (AvgIpc) is 2.17. The van der Waals surface area contributed by atoms with Gasteiger partial charge in [0, 0.05) is 18.0 Å². The number of ether oxygens (including phenoxy) is 1. The van der Waals surface area contributed by atoms with Crippen molar-refractivity contribution >= 4 is 0 Å². The second-order valence-electron chi connectivity index (χ2n) is 4.90. The van der Waals surface area contributed by atoms with Gasteiger partial charge in [-0.1, -0.05) is 18.2 Å². The fourth-order valence-electron chi connectivity index (χ4n) is 2.27. The third-order valence-corrected chi connectivity index (χ3v) is 3.04. The highest BCUT2D eigenvalue weighted by Gasteiger charge is 2.33. The summed E-state index contributed by atoms with van der Waals surface area (Å²) in [5.41, 5.74) is 2.43. The second-order valence-corrected chi connectivity index (χ2v) is 4.90. The van der Waals surface area contributed by atoms with E-state index in [-0.39, 0.29) is 5.60 Å². The van der Waals surface area contributed by atoms with Gasteiger partial charge in [-0.2, -0.15) is 0 Å². The number of nitrogens with one attached hydrogen (secondary N) is 1. The van der Waals surface area contributed by atoms with Crippen LogP contribution in [-0.4, -0.2) is 12.6 Å². The van der Waals surface area contributed by atoms with E-state index in [1.54, 1.807) is 0 Å². The maximum absolute atomic E-state index is 6.04. The number of hydrogen-bond acceptors (Lipinski definition) is 2. The lowest BCUT2D eigenvalue weighted by Gasteiger charge is -2.38. The number of aryl methyl sites for hydroxylation is 1. The molecule has 2 rings (SSSR count). The van der Waals surface area contributed by atoms with Gasteiger partial charge in [-0.15, -0.1) is 0 Å². The van der Waals surface area contributed by atoms with Crippen LogP contribution in [0.25, 0.3) is 0 Å². The molecule has 1 aliphatic heterocycles. The van der Waals surface area contributed by atoms with Gasteiger partial charge in [0.05, 0.1) is 0 Å². The monoisotopic (exact) mass is 205 g/mol. The molecule has 0 saturated carbocycles. The van der Waals surface area contributed by atoms with E-state index >= 15 is 0 Å². The Morgan fingerprint density at radius 2 is 2.13 bits per heavy atom. The van der Waals surface area contributed by atoms with E-state index in [0.717, 1.165) is 12.2 Å². The van der Waals surface area contributed by atoms with Gasteiger partial charge in [-0.3, -0.25) is 0 Å². The van der Waals surface area contributed by atoms with E-state index in [1.807, 2.05) is 7.05 Å². The van der Waals surface area contributed by atoms with Gasteiger partial charge in [-0.05, 0) is 33.4 Å². The minimum absolute atomic E-state index is 0.0766. The first-order chi connectivity index (χ1) is 7.03. The summed E-state index contributed by atoms with van der Waals surface area (Å²) in [6, 6.07) is 6.76. The summed E-state index contributed by atoms with van der Waals surface area (Å²) in [6.45, 7) is 6.40. The molecule has 0 aliphatic carbocycles. The fraction of sp³-hybridized carbons (Fsp3) is 0.538. The number of fused-ring (bicyclic) bond motifs is 1. The Balaban J connectivity index is 2.49. The molecule has 0 spiro atoms. The highest BCUT2D eigenvalue weighted by molar-refractivity contribution is 5.44. The van der Waals surface area contributed by atoms with Crippen LogP contribution in [0.2, 0.25) is 0 Å². The molecule has 1 heterocycles. The Labute approximate surface area is 91.6 Å². The van der Waals surface area contributed by atoms with E-state index in [0.29, 0.717) is 6.04 Å². The molecular weight excluding hydrogens is 186 g/mol. The second kappa shape index (κ2) is 3.53. The standard InChI is InChI=1S/C13H19NO/c1-9-6-5-7-10-11(14-4)8-13(2,3)15-12(9)10/h5-7,11,14H,8H2,1-4H3. The zero-order valence-electron chi connectivity index (χ0n) is 9.92. The Hall–Kier alpha value is -1.02. The summed E-state index contributed by atoms with van der Waals surface area (Å²) in [5, 5.41) is 3.36. The maximum Gasteiger partial charge on any atom is 0.127 e. The van der Waals surface area contributed by atoms with Crippen LogP contribution in [0.5, 0.6) is 5.75 Å². The molecule has 1 aromatic carbocycles. The van der Waals surface area contributed by atoms with E-state index in [9.17, 15) is 0 Å². The van der Waals surface area contributed by atoms with Gasteiger partial charge in [0.25, 0.3) is 0 Å². The molecule has 82 valence electrons. The molecule has 2 nitrogen and oxygen atoms in total. The van der Waals surface area contributed by atoms with Gasteiger partial charge in [-0.25, -0.2) is 0 Å². The summed E-state index contributed by atoms with van der Waals surface area (Å²) in [6.07, 6.45) is 1.01. The molecular formula is C13H19NO. The molecule has 1 aliphatic rings. The fourth-order valence-corrected chi connectivity index (χ4v) is 2.27. The molecule has 0 bridgehead atoms. The minimum atomic E-state index is -0.0766. The van der Waals surface area contributed by atoms with Gasteiger partial charge >= 0.3 is 0 Å². The van der Waals surface area contributed by atoms with Crippen molar-refractivity contribution in [3.63, 3.8) is 0 Å². The summed E-state index contributed by atoms with van der Waals surface area (Å²) >= 11 is 0. The van der Waals surface area contributed by atoms with Gasteiger partial charge in [0.2, 0.25) is 0 Å². The predicted octanol–water partition coefficient (Wildman–Crippen LogP) is 2.82. The Morgan fingerprint density at radius 1 is 1.40 bits per heavy atom. The molecule has 15 heavy (non-hydrogen) atoms. The lowest BCUT2D eigenvalue weighted by atomic mass is 9.89. The summed E-state index contributed by atoms with van der Waals surface area (Å²) in [5.74, 6) is 1.06. The molecule has 0 radical (unpaired) electrons. The maximum atomic E-state index is 6.04. The van der Waals surface area contributed by atoms with Crippen LogP contribution in [-0.2, 0) is 0 Å². The molecule has 0 saturated heterocycles. The number of rotatable bonds is 1. The summed E-state index contributed by atoms with van der Waals surface area (Å²) < 4.78 is 6.04. The Kier molecular flexibility index (Phi) is 2.47. The zero-order chi connectivity index (χ0) is 11.1. The first-order valence-electron chi connectivity index (χ1n) is 5.49. The van der Waals surface area contributed by atoms with Crippen LogP contribution in [0, 0.1) is 6.92 Å². The largest absolute Gasteiger partial charge is 0.487 e. The number of para-hydroxylation sites is 1. The Morgan fingerprint density at radius 3 is 2.80 bits per heavy atom. The van der Waals surface area contributed by atoms with Gasteiger partial charge in [0.1, 0.15) is 11.4 Å². The van der Waals surface area contributed by atoms with Crippen molar-refractivity contribution in [1.29, 1.82) is 0 Å². The lowest BCUT2D eigenvalue weighted by molar-refractivity contribution is 0.0666. The molecule has 0 aromatic heterocycles. The van der Waals surface area contributed by atoms with Crippen molar-refractivity contribution in [1.82, 2.24) is 5.32 Å². The predicted molar refractivity (Wildman–Crippen MR) is 62.3 cm³/mol. The van der Waals surface area contributed by atoms with Crippen LogP contribution in [0.4, 0.5) is 0 Å². The highest BCUT2D eigenvalue weighted by Crippen LogP contribution is 2.40. The molecule has 1 unspecified atom stereocenters. The molecule has 2 heteroatoms. The van der Waals surface area contributed by atoms with Crippen LogP contribution in [0.1, 0.15) is 37.4 Å². The Bertz CT molecular complexity index is 371. The first-order valence-corrected chi connectivity index (χ1v) is 5.49.